The van der Waals surface area contributed by atoms with Gasteiger partial charge in [0.2, 0.25) is 17.2 Å². The number of halogens is 1. The molecule has 0 spiro atoms. The number of hydrogen-bond donors (Lipinski definition) is 8. The SMILES string of the molecule is C.CCCCC[N-]C(=O)c1cc2cc(C(=O)O)ccc2c(N=Nc2cc(Nc3nc(Cl)nc(Nc4ccc(S(O)(O)O)cc4)n3)cc(S(=O)(=O)O)c2)c1O. The number of nitrogens with one attached hydrogen (secondary N) is 2. The number of azo groups is 1. The van der Waals surface area contributed by atoms with Crippen LogP contribution in [0.5, 0.6) is 5.75 Å². The molecule has 286 valence electrons. The number of fused-ring (bicyclic) bond motifs is 1. The number of phenols is 1. The van der Waals surface area contributed by atoms with Crippen LogP contribution in [0.2, 0.25) is 5.28 Å². The fraction of sp³-hybridized carbons (Fsp3) is 0.182. The number of phenolic OH excluding ortho intramolecular Hbond substituents is 1. The quantitative estimate of drug-likeness (QED) is 0.0295. The minimum atomic E-state index is -4.83. The van der Waals surface area contributed by atoms with Crippen LogP contribution in [0, 0.1) is 0 Å². The van der Waals surface area contributed by atoms with E-state index in [2.05, 4.69) is 41.1 Å². The lowest BCUT2D eigenvalue weighted by Crippen LogP contribution is -2.05. The summed E-state index contributed by atoms with van der Waals surface area (Å²) in [6.45, 7) is 2.19. The van der Waals surface area contributed by atoms with Crippen molar-refractivity contribution in [2.45, 2.75) is 43.4 Å². The van der Waals surface area contributed by atoms with Gasteiger partial charge in [-0.1, -0.05) is 39.7 Å². The van der Waals surface area contributed by atoms with E-state index < -0.39 is 43.5 Å². The Morgan fingerprint density at radius 1 is 0.833 bits per heavy atom. The van der Waals surface area contributed by atoms with Gasteiger partial charge in [-0.05, 0) is 77.7 Å². The summed E-state index contributed by atoms with van der Waals surface area (Å²) in [6.07, 6.45) is 2.37. The average Bonchev–Trinajstić information content (AvgIpc) is 3.08. The zero-order valence-corrected chi connectivity index (χ0v) is 29.8. The number of anilines is 4. The molecule has 0 atom stereocenters. The molecule has 0 saturated heterocycles. The van der Waals surface area contributed by atoms with Gasteiger partial charge in [0.05, 0.1) is 26.9 Å². The Balaban J connectivity index is 0.00000650. The Bertz CT molecular complexity index is 2340. The molecular formula is C33H34ClN8O10S2-. The lowest BCUT2D eigenvalue weighted by Gasteiger charge is -2.20. The second-order valence-corrected chi connectivity index (χ2v) is 14.5. The molecule has 18 nitrogen and oxygen atoms in total. The van der Waals surface area contributed by atoms with Crippen molar-refractivity contribution in [1.82, 2.24) is 15.0 Å². The van der Waals surface area contributed by atoms with E-state index in [1.54, 1.807) is 0 Å². The van der Waals surface area contributed by atoms with Crippen LogP contribution in [0.25, 0.3) is 16.1 Å². The van der Waals surface area contributed by atoms with Crippen LogP contribution in [0.15, 0.2) is 86.7 Å². The van der Waals surface area contributed by atoms with Crippen LogP contribution < -0.4 is 10.6 Å². The maximum Gasteiger partial charge on any atom is 0.335 e. The summed E-state index contributed by atoms with van der Waals surface area (Å²) < 4.78 is 62.6. The first-order valence-electron chi connectivity index (χ1n) is 15.4. The Hall–Kier alpha value is -5.48. The number of unbranched alkanes of at least 4 members (excludes halogenated alkanes) is 2. The van der Waals surface area contributed by atoms with Crippen LogP contribution in [0.4, 0.5) is 34.6 Å². The van der Waals surface area contributed by atoms with Crippen LogP contribution in [-0.4, -0.2) is 70.2 Å². The monoisotopic (exact) mass is 801 g/mol. The van der Waals surface area contributed by atoms with Gasteiger partial charge in [0.15, 0.2) is 5.75 Å². The van der Waals surface area contributed by atoms with Crippen LogP contribution in [0.1, 0.15) is 54.3 Å². The number of carboxylic acids is 1. The molecule has 5 rings (SSSR count). The number of aromatic hydroxyl groups is 1. The lowest BCUT2D eigenvalue weighted by atomic mass is 10.0. The Morgan fingerprint density at radius 3 is 2.11 bits per heavy atom. The third-order valence-corrected chi connectivity index (χ3v) is 9.23. The molecule has 0 saturated carbocycles. The first kappa shape index (κ1) is 41.3. The van der Waals surface area contributed by atoms with Crippen LogP contribution in [-0.2, 0) is 10.1 Å². The van der Waals surface area contributed by atoms with Gasteiger partial charge in [-0.3, -0.25) is 4.55 Å². The fourth-order valence-corrected chi connectivity index (χ4v) is 6.02. The van der Waals surface area contributed by atoms with Gasteiger partial charge >= 0.3 is 5.97 Å². The fourth-order valence-electron chi connectivity index (χ4n) is 4.81. The third-order valence-electron chi connectivity index (χ3n) is 7.33. The molecule has 4 aromatic carbocycles. The highest BCUT2D eigenvalue weighted by Crippen LogP contribution is 2.44. The number of carboxylic acid groups (broad SMARTS) is 1. The van der Waals surface area contributed by atoms with Gasteiger partial charge < -0.3 is 44.6 Å². The summed E-state index contributed by atoms with van der Waals surface area (Å²) in [4.78, 5) is 36.0. The van der Waals surface area contributed by atoms with E-state index in [9.17, 15) is 46.4 Å². The first-order chi connectivity index (χ1) is 25.0. The molecule has 5 aromatic rings. The van der Waals surface area contributed by atoms with Crippen molar-refractivity contribution in [1.29, 1.82) is 0 Å². The van der Waals surface area contributed by atoms with Crippen molar-refractivity contribution in [2.24, 2.45) is 10.2 Å². The Morgan fingerprint density at radius 2 is 1.50 bits per heavy atom. The largest absolute Gasteiger partial charge is 0.649 e. The first-order valence-corrected chi connectivity index (χ1v) is 18.7. The minimum absolute atomic E-state index is 0. The lowest BCUT2D eigenvalue weighted by molar-refractivity contribution is 0.0696. The van der Waals surface area contributed by atoms with Crippen molar-refractivity contribution >= 4 is 89.9 Å². The molecule has 0 unspecified atom stereocenters. The topological polar surface area (TPSA) is 291 Å². The maximum absolute atomic E-state index is 13.0. The van der Waals surface area contributed by atoms with Crippen molar-refractivity contribution in [3.05, 3.63) is 88.5 Å². The summed E-state index contributed by atoms with van der Waals surface area (Å²) in [5.41, 5.74) is -0.446. The number of aromatic carboxylic acids is 1. The van der Waals surface area contributed by atoms with E-state index in [0.29, 0.717) is 12.1 Å². The number of amides is 1. The molecule has 1 heterocycles. The van der Waals surface area contributed by atoms with E-state index in [4.69, 9.17) is 11.6 Å². The number of carbonyl (C=O) groups is 2. The molecule has 8 N–H and O–H groups in total. The normalized spacial score (nSPS) is 12.0. The predicted molar refractivity (Wildman–Crippen MR) is 203 cm³/mol. The predicted octanol–water partition coefficient (Wildman–Crippen LogP) is 9.15. The molecule has 0 aliphatic heterocycles. The molecular weight excluding hydrogens is 768 g/mol. The number of benzene rings is 4. The number of hydrogen-bond acceptors (Lipinski definition) is 15. The maximum atomic E-state index is 13.0. The van der Waals surface area contributed by atoms with E-state index in [-0.39, 0.29) is 75.0 Å². The molecule has 21 heteroatoms. The molecule has 0 aliphatic rings. The number of nitrogens with zero attached hydrogens (tertiary/aromatic N) is 6. The van der Waals surface area contributed by atoms with E-state index >= 15 is 0 Å². The third kappa shape index (κ3) is 10.3. The van der Waals surface area contributed by atoms with Gasteiger partial charge in [0, 0.05) is 22.3 Å². The van der Waals surface area contributed by atoms with Gasteiger partial charge in [-0.2, -0.15) is 28.5 Å². The van der Waals surface area contributed by atoms with Crippen LogP contribution >= 0.6 is 22.5 Å². The molecule has 0 bridgehead atoms. The van der Waals surface area contributed by atoms with Gasteiger partial charge in [-0.25, -0.2) is 4.79 Å². The Kier molecular flexibility index (Phi) is 13.1. The molecule has 1 amide bonds. The van der Waals surface area contributed by atoms with Crippen molar-refractivity contribution in [3.63, 3.8) is 0 Å². The van der Waals surface area contributed by atoms with Crippen molar-refractivity contribution in [3.8, 4) is 5.75 Å². The van der Waals surface area contributed by atoms with Crippen molar-refractivity contribution < 1.29 is 46.4 Å². The van der Waals surface area contributed by atoms with Crippen LogP contribution in [0.3, 0.4) is 0 Å². The molecule has 0 fully saturated rings. The second kappa shape index (κ2) is 17.1. The number of rotatable bonds is 14. The summed E-state index contributed by atoms with van der Waals surface area (Å²) in [5.74, 6) is -2.89. The molecule has 0 aliphatic carbocycles. The van der Waals surface area contributed by atoms with Gasteiger partial charge in [0.1, 0.15) is 16.6 Å². The Labute approximate surface area is 315 Å². The standard InChI is InChI=1S/C32H31ClN8O10S2.CH4/c1-2-3-4-11-34-28(43)25-13-18-12-17(29(44)45)5-10-24(18)26(27(25)42)41-40-21-14-20(15-23(16-21)53(49,50)51)36-32-38-30(33)37-31(39-32)35-19-6-8-22(9-7-19)52(46,47)48;/h5-10,12-16H,2-4,11H2,1H3,(H9,34,35,36,37,38,39,40,42,43,44,45,46,47,48,49,50,51);1H4/p-1. The van der Waals surface area contributed by atoms with E-state index in [0.717, 1.165) is 25.0 Å². The zero-order valence-electron chi connectivity index (χ0n) is 27.4. The van der Waals surface area contributed by atoms with Crippen molar-refractivity contribution in [2.75, 3.05) is 17.2 Å². The van der Waals surface area contributed by atoms with E-state index in [1.165, 1.54) is 54.6 Å². The highest BCUT2D eigenvalue weighted by Gasteiger charge is 2.19. The molecule has 54 heavy (non-hydrogen) atoms. The number of aromatic nitrogens is 3. The molecule has 1 aromatic heterocycles. The highest BCUT2D eigenvalue weighted by atomic mass is 35.5. The summed E-state index contributed by atoms with van der Waals surface area (Å²) >= 11 is 6.09. The van der Waals surface area contributed by atoms with E-state index in [1.807, 2.05) is 6.92 Å². The summed E-state index contributed by atoms with van der Waals surface area (Å²) in [6, 6.07) is 13.8. The highest BCUT2D eigenvalue weighted by molar-refractivity contribution is 8.19. The minimum Gasteiger partial charge on any atom is -0.649 e. The average molecular weight is 802 g/mol. The van der Waals surface area contributed by atoms with Gasteiger partial charge in [-0.15, -0.1) is 11.7 Å². The molecule has 0 radical (unpaired) electrons. The number of carbonyl (C=O) groups excluding carboxylic acids is 1. The smallest absolute Gasteiger partial charge is 0.335 e. The zero-order chi connectivity index (χ0) is 38.5. The van der Waals surface area contributed by atoms with Gasteiger partial charge in [0.25, 0.3) is 10.1 Å². The summed E-state index contributed by atoms with van der Waals surface area (Å²) in [5, 5.41) is 38.6. The summed E-state index contributed by atoms with van der Waals surface area (Å²) in [7, 11) is -8.76. The second-order valence-electron chi connectivity index (χ2n) is 11.2.